The van der Waals surface area contributed by atoms with Crippen molar-refractivity contribution in [2.24, 2.45) is 0 Å². The van der Waals surface area contributed by atoms with Crippen LogP contribution in [0.1, 0.15) is 54.3 Å². The van der Waals surface area contributed by atoms with Gasteiger partial charge in [-0.3, -0.25) is 4.79 Å². The second kappa shape index (κ2) is 8.82. The zero-order valence-electron chi connectivity index (χ0n) is 16.4. The van der Waals surface area contributed by atoms with Gasteiger partial charge in [-0.2, -0.15) is 0 Å². The highest BCUT2D eigenvalue weighted by Gasteiger charge is 2.23. The van der Waals surface area contributed by atoms with Crippen molar-refractivity contribution >= 4 is 28.6 Å². The lowest BCUT2D eigenvalue weighted by atomic mass is 10.1. The lowest BCUT2D eigenvalue weighted by molar-refractivity contribution is 0.0949. The van der Waals surface area contributed by atoms with Gasteiger partial charge in [0.05, 0.1) is 0 Å². The summed E-state index contributed by atoms with van der Waals surface area (Å²) in [6.07, 6.45) is 8.33. The third kappa shape index (κ3) is 4.22. The molecule has 1 aliphatic rings. The van der Waals surface area contributed by atoms with E-state index in [4.69, 9.17) is 4.42 Å². The standard InChI is InChI=1S/C21H24N4O3S/c1-29-21-24-23-18(25(21)15-8-3-4-9-15)11-6-12-22-19(26)16-13-14-7-2-5-10-17(14)28-20(16)27/h2,5,7,10,13,15H,3-4,6,8-9,11-12H2,1H3,(H,22,26). The zero-order valence-corrected chi connectivity index (χ0v) is 17.2. The predicted molar refractivity (Wildman–Crippen MR) is 112 cm³/mol. The monoisotopic (exact) mass is 412 g/mol. The molecule has 1 aromatic carbocycles. The molecule has 1 fully saturated rings. The van der Waals surface area contributed by atoms with Crippen molar-refractivity contribution in [3.8, 4) is 0 Å². The van der Waals surface area contributed by atoms with Gasteiger partial charge in [0.2, 0.25) is 0 Å². The van der Waals surface area contributed by atoms with E-state index >= 15 is 0 Å². The molecule has 0 spiro atoms. The van der Waals surface area contributed by atoms with Gasteiger partial charge in [0.15, 0.2) is 5.16 Å². The average molecular weight is 413 g/mol. The molecule has 0 aliphatic heterocycles. The lowest BCUT2D eigenvalue weighted by Gasteiger charge is -2.16. The molecule has 1 amide bonds. The number of hydrogen-bond donors (Lipinski definition) is 1. The molecule has 0 bridgehead atoms. The number of carbonyl (C=O) groups is 1. The Hall–Kier alpha value is -2.61. The Bertz CT molecular complexity index is 1070. The number of aryl methyl sites for hydroxylation is 1. The van der Waals surface area contributed by atoms with Crippen LogP contribution in [0.4, 0.5) is 0 Å². The molecule has 4 rings (SSSR count). The SMILES string of the molecule is CSc1nnc(CCCNC(=O)c2cc3ccccc3oc2=O)n1C1CCCC1. The maximum absolute atomic E-state index is 12.4. The second-order valence-electron chi connectivity index (χ2n) is 7.26. The number of amides is 1. The number of nitrogens with one attached hydrogen (secondary N) is 1. The van der Waals surface area contributed by atoms with Crippen LogP contribution in [0.3, 0.4) is 0 Å². The van der Waals surface area contributed by atoms with Crippen LogP contribution in [0.25, 0.3) is 11.0 Å². The zero-order chi connectivity index (χ0) is 20.2. The molecule has 1 saturated carbocycles. The highest BCUT2D eigenvalue weighted by Crippen LogP contribution is 2.33. The van der Waals surface area contributed by atoms with E-state index in [1.54, 1.807) is 30.0 Å². The molecule has 1 N–H and O–H groups in total. The Morgan fingerprint density at radius 3 is 2.86 bits per heavy atom. The van der Waals surface area contributed by atoms with Crippen molar-refractivity contribution in [2.75, 3.05) is 12.8 Å². The molecule has 7 nitrogen and oxygen atoms in total. The normalized spacial score (nSPS) is 14.5. The van der Waals surface area contributed by atoms with Crippen LogP contribution in [0, 0.1) is 0 Å². The van der Waals surface area contributed by atoms with E-state index in [2.05, 4.69) is 20.1 Å². The van der Waals surface area contributed by atoms with Gasteiger partial charge in [-0.15, -0.1) is 10.2 Å². The first kappa shape index (κ1) is 19.7. The highest BCUT2D eigenvalue weighted by atomic mass is 32.2. The summed E-state index contributed by atoms with van der Waals surface area (Å²) >= 11 is 1.62. The largest absolute Gasteiger partial charge is 0.422 e. The maximum Gasteiger partial charge on any atom is 0.349 e. The molecule has 152 valence electrons. The Morgan fingerprint density at radius 1 is 1.28 bits per heavy atom. The van der Waals surface area contributed by atoms with Gasteiger partial charge in [0, 0.05) is 24.4 Å². The van der Waals surface area contributed by atoms with Crippen LogP contribution >= 0.6 is 11.8 Å². The Kier molecular flexibility index (Phi) is 5.99. The fraction of sp³-hybridized carbons (Fsp3) is 0.429. The first-order chi connectivity index (χ1) is 14.2. The number of fused-ring (bicyclic) bond motifs is 1. The van der Waals surface area contributed by atoms with E-state index in [-0.39, 0.29) is 5.56 Å². The van der Waals surface area contributed by atoms with Gasteiger partial charge in [0.25, 0.3) is 5.91 Å². The molecule has 3 aromatic rings. The van der Waals surface area contributed by atoms with Crippen molar-refractivity contribution in [1.82, 2.24) is 20.1 Å². The van der Waals surface area contributed by atoms with Crippen molar-refractivity contribution < 1.29 is 9.21 Å². The molecule has 0 radical (unpaired) electrons. The first-order valence-electron chi connectivity index (χ1n) is 9.96. The van der Waals surface area contributed by atoms with Gasteiger partial charge >= 0.3 is 5.63 Å². The summed E-state index contributed by atoms with van der Waals surface area (Å²) in [5.41, 5.74) is -0.112. The van der Waals surface area contributed by atoms with E-state index in [0.717, 1.165) is 29.2 Å². The van der Waals surface area contributed by atoms with Crippen molar-refractivity contribution in [2.45, 2.75) is 49.7 Å². The third-order valence-corrected chi connectivity index (χ3v) is 6.00. The van der Waals surface area contributed by atoms with Crippen LogP contribution in [0.15, 0.2) is 44.7 Å². The smallest absolute Gasteiger partial charge is 0.349 e. The summed E-state index contributed by atoms with van der Waals surface area (Å²) in [6.45, 7) is 0.456. The summed E-state index contributed by atoms with van der Waals surface area (Å²) in [4.78, 5) is 24.5. The van der Waals surface area contributed by atoms with Gasteiger partial charge in [0.1, 0.15) is 17.0 Å². The quantitative estimate of drug-likeness (QED) is 0.362. The van der Waals surface area contributed by atoms with Crippen LogP contribution < -0.4 is 10.9 Å². The Labute approximate surface area is 172 Å². The molecule has 29 heavy (non-hydrogen) atoms. The maximum atomic E-state index is 12.4. The number of benzene rings is 1. The van der Waals surface area contributed by atoms with Crippen molar-refractivity contribution in [1.29, 1.82) is 0 Å². The molecular weight excluding hydrogens is 388 g/mol. The molecule has 0 unspecified atom stereocenters. The molecular formula is C21H24N4O3S. The van der Waals surface area contributed by atoms with E-state index in [1.807, 2.05) is 18.4 Å². The number of nitrogens with zero attached hydrogens (tertiary/aromatic N) is 3. The second-order valence-corrected chi connectivity index (χ2v) is 8.03. The molecule has 8 heteroatoms. The fourth-order valence-electron chi connectivity index (χ4n) is 3.91. The lowest BCUT2D eigenvalue weighted by Crippen LogP contribution is -2.29. The summed E-state index contributed by atoms with van der Waals surface area (Å²) < 4.78 is 7.51. The third-order valence-electron chi connectivity index (χ3n) is 5.36. The highest BCUT2D eigenvalue weighted by molar-refractivity contribution is 7.98. The van der Waals surface area contributed by atoms with E-state index in [9.17, 15) is 9.59 Å². The van der Waals surface area contributed by atoms with Crippen molar-refractivity contribution in [3.63, 3.8) is 0 Å². The molecule has 2 aromatic heterocycles. The molecule has 0 saturated heterocycles. The number of carbonyl (C=O) groups excluding carboxylic acids is 1. The van der Waals surface area contributed by atoms with Crippen LogP contribution in [0.2, 0.25) is 0 Å². The van der Waals surface area contributed by atoms with Crippen LogP contribution in [-0.2, 0) is 6.42 Å². The number of aromatic nitrogens is 3. The van der Waals surface area contributed by atoms with Crippen LogP contribution in [0.5, 0.6) is 0 Å². The average Bonchev–Trinajstić information content (AvgIpc) is 3.39. The van der Waals surface area contributed by atoms with E-state index in [0.29, 0.717) is 18.2 Å². The van der Waals surface area contributed by atoms with Crippen molar-refractivity contribution in [3.05, 3.63) is 52.1 Å². The van der Waals surface area contributed by atoms with Gasteiger partial charge in [-0.05, 0) is 37.7 Å². The van der Waals surface area contributed by atoms with E-state index in [1.165, 1.54) is 25.7 Å². The minimum atomic E-state index is -0.619. The summed E-state index contributed by atoms with van der Waals surface area (Å²) in [7, 11) is 0. The van der Waals surface area contributed by atoms with Gasteiger partial charge in [-0.1, -0.05) is 42.8 Å². The minimum Gasteiger partial charge on any atom is -0.422 e. The van der Waals surface area contributed by atoms with E-state index < -0.39 is 11.5 Å². The fourth-order valence-corrected chi connectivity index (χ4v) is 4.48. The summed E-state index contributed by atoms with van der Waals surface area (Å²) in [5.74, 6) is 0.562. The Morgan fingerprint density at radius 2 is 2.07 bits per heavy atom. The van der Waals surface area contributed by atoms with Gasteiger partial charge in [-0.25, -0.2) is 4.79 Å². The number of rotatable bonds is 7. The predicted octanol–water partition coefficient (Wildman–Crippen LogP) is 3.58. The molecule has 0 atom stereocenters. The summed E-state index contributed by atoms with van der Waals surface area (Å²) in [6, 6.07) is 9.22. The molecule has 1 aliphatic carbocycles. The summed E-state index contributed by atoms with van der Waals surface area (Å²) in [5, 5.41) is 13.2. The Balaban J connectivity index is 1.38. The first-order valence-corrected chi connectivity index (χ1v) is 11.2. The number of thioether (sulfide) groups is 1. The number of para-hydroxylation sites is 1. The van der Waals surface area contributed by atoms with Crippen LogP contribution in [-0.4, -0.2) is 33.5 Å². The number of hydrogen-bond acceptors (Lipinski definition) is 6. The topological polar surface area (TPSA) is 90.0 Å². The molecule has 2 heterocycles. The minimum absolute atomic E-state index is 0.0301. The van der Waals surface area contributed by atoms with Gasteiger partial charge < -0.3 is 14.3 Å².